The number of halogens is 3. The number of amides is 2. The smallest absolute Gasteiger partial charge is 0.416 e. The van der Waals surface area contributed by atoms with Gasteiger partial charge in [-0.05, 0) is 54.7 Å². The molecule has 1 heterocycles. The van der Waals surface area contributed by atoms with Gasteiger partial charge in [-0.25, -0.2) is 13.2 Å². The fourth-order valence-electron chi connectivity index (χ4n) is 4.98. The highest BCUT2D eigenvalue weighted by Gasteiger charge is 2.47. The summed E-state index contributed by atoms with van der Waals surface area (Å²) in [4.78, 5) is 25.2. The molecule has 0 bridgehead atoms. The highest BCUT2D eigenvalue weighted by atomic mass is 32.2. The van der Waals surface area contributed by atoms with Gasteiger partial charge in [0.2, 0.25) is 15.9 Å². The quantitative estimate of drug-likeness (QED) is 0.597. The molecule has 0 unspecified atom stereocenters. The second kappa shape index (κ2) is 9.61. The summed E-state index contributed by atoms with van der Waals surface area (Å²) in [6.07, 6.45) is -4.30. The second-order valence-corrected chi connectivity index (χ2v) is 12.6. The zero-order valence-corrected chi connectivity index (χ0v) is 21.0. The third-order valence-electron chi connectivity index (χ3n) is 6.83. The van der Waals surface area contributed by atoms with Gasteiger partial charge in [0.15, 0.2) is 0 Å². The minimum atomic E-state index is -4.66. The monoisotopic (exact) mass is 519 g/mol. The molecule has 1 aromatic carbocycles. The van der Waals surface area contributed by atoms with E-state index in [0.717, 1.165) is 23.1 Å². The number of carbonyl (C=O) groups excluding carboxylic acids is 1. The predicted molar refractivity (Wildman–Crippen MR) is 122 cm³/mol. The summed E-state index contributed by atoms with van der Waals surface area (Å²) in [6, 6.07) is 2.44. The van der Waals surface area contributed by atoms with E-state index in [1.54, 1.807) is 0 Å². The van der Waals surface area contributed by atoms with Crippen LogP contribution in [0.4, 0.5) is 18.0 Å². The highest BCUT2D eigenvalue weighted by molar-refractivity contribution is 7.89. The molecule has 1 aromatic rings. The van der Waals surface area contributed by atoms with Crippen molar-refractivity contribution in [2.45, 2.75) is 63.2 Å². The summed E-state index contributed by atoms with van der Waals surface area (Å²) in [6.45, 7) is 5.95. The van der Waals surface area contributed by atoms with E-state index in [9.17, 15) is 36.3 Å². The Hall–Kier alpha value is -2.34. The summed E-state index contributed by atoms with van der Waals surface area (Å²) in [5.74, 6) is -0.682. The summed E-state index contributed by atoms with van der Waals surface area (Å²) in [5, 5.41) is 12.3. The Morgan fingerprint density at radius 3 is 2.43 bits per heavy atom. The Kier molecular flexibility index (Phi) is 7.48. The van der Waals surface area contributed by atoms with Crippen LogP contribution in [0, 0.1) is 17.3 Å². The van der Waals surface area contributed by atoms with Crippen LogP contribution in [-0.2, 0) is 21.0 Å². The van der Waals surface area contributed by atoms with Crippen molar-refractivity contribution in [3.8, 4) is 0 Å². The lowest BCUT2D eigenvalue weighted by atomic mass is 9.87. The molecule has 0 aromatic heterocycles. The summed E-state index contributed by atoms with van der Waals surface area (Å²) in [7, 11) is -2.80. The van der Waals surface area contributed by atoms with Crippen LogP contribution in [0.25, 0.3) is 0 Å². The number of hydrogen-bond acceptors (Lipinski definition) is 4. The topological polar surface area (TPSA) is 107 Å². The van der Waals surface area contributed by atoms with Gasteiger partial charge < -0.3 is 10.4 Å². The zero-order valence-electron chi connectivity index (χ0n) is 20.2. The van der Waals surface area contributed by atoms with Crippen LogP contribution in [-0.4, -0.2) is 67.0 Å². The van der Waals surface area contributed by atoms with Gasteiger partial charge in [-0.15, -0.1) is 0 Å². The van der Waals surface area contributed by atoms with E-state index >= 15 is 0 Å². The van der Waals surface area contributed by atoms with Gasteiger partial charge >= 0.3 is 12.3 Å². The normalized spacial score (nSPS) is 24.1. The average Bonchev–Trinajstić information content (AvgIpc) is 3.32. The van der Waals surface area contributed by atoms with Crippen molar-refractivity contribution in [1.29, 1.82) is 0 Å². The van der Waals surface area contributed by atoms with E-state index in [0.29, 0.717) is 25.3 Å². The number of sulfonamides is 1. The van der Waals surface area contributed by atoms with Crippen molar-refractivity contribution in [2.75, 3.05) is 20.1 Å². The molecule has 3 rings (SSSR count). The van der Waals surface area contributed by atoms with Crippen LogP contribution in [0.15, 0.2) is 29.2 Å². The molecule has 4 atom stereocenters. The molecule has 0 spiro atoms. The van der Waals surface area contributed by atoms with E-state index in [-0.39, 0.29) is 36.4 Å². The predicted octanol–water partition coefficient (Wildman–Crippen LogP) is 3.64. The molecule has 0 radical (unpaired) electrons. The first-order chi connectivity index (χ1) is 16.0. The molecular formula is C23H32F3N3O5S. The Balaban J connectivity index is 1.74. The van der Waals surface area contributed by atoms with Crippen LogP contribution in [0.3, 0.4) is 0 Å². The Labute approximate surface area is 203 Å². The summed E-state index contributed by atoms with van der Waals surface area (Å²) >= 11 is 0. The Morgan fingerprint density at radius 1 is 1.20 bits per heavy atom. The van der Waals surface area contributed by atoms with Crippen molar-refractivity contribution >= 4 is 22.0 Å². The fourth-order valence-corrected chi connectivity index (χ4v) is 6.56. The lowest BCUT2D eigenvalue weighted by Gasteiger charge is -2.32. The molecule has 196 valence electrons. The molecule has 2 N–H and O–H groups in total. The molecule has 1 aliphatic carbocycles. The van der Waals surface area contributed by atoms with Crippen molar-refractivity contribution in [3.05, 3.63) is 29.8 Å². The van der Waals surface area contributed by atoms with Gasteiger partial charge in [-0.1, -0.05) is 26.8 Å². The number of carboxylic acid groups (broad SMARTS) is 1. The fraction of sp³-hybridized carbons (Fsp3) is 0.652. The van der Waals surface area contributed by atoms with Crippen LogP contribution < -0.4 is 5.32 Å². The first kappa shape index (κ1) is 27.3. The number of fused-ring (bicyclic) bond motifs is 1. The molecule has 2 aliphatic rings. The molecule has 1 aliphatic heterocycles. The number of alkyl halides is 3. The summed E-state index contributed by atoms with van der Waals surface area (Å²) in [5.41, 5.74) is -1.34. The van der Waals surface area contributed by atoms with E-state index in [1.807, 2.05) is 20.8 Å². The van der Waals surface area contributed by atoms with Gasteiger partial charge in [-0.2, -0.15) is 17.5 Å². The maximum absolute atomic E-state index is 13.1. The lowest BCUT2D eigenvalue weighted by molar-refractivity contribution is -0.137. The third-order valence-corrected chi connectivity index (χ3v) is 8.66. The maximum Gasteiger partial charge on any atom is 0.416 e. The molecule has 2 fully saturated rings. The average molecular weight is 520 g/mol. The van der Waals surface area contributed by atoms with E-state index in [4.69, 9.17) is 0 Å². The van der Waals surface area contributed by atoms with Gasteiger partial charge in [0.25, 0.3) is 0 Å². The van der Waals surface area contributed by atoms with Crippen molar-refractivity contribution in [3.63, 3.8) is 0 Å². The van der Waals surface area contributed by atoms with Gasteiger partial charge in [0, 0.05) is 26.2 Å². The van der Waals surface area contributed by atoms with Crippen molar-refractivity contribution < 1.29 is 36.3 Å². The molecule has 35 heavy (non-hydrogen) atoms. The number of carbonyl (C=O) groups is 2. The maximum atomic E-state index is 13.1. The lowest BCUT2D eigenvalue weighted by Crippen LogP contribution is -2.52. The molecule has 2 amide bonds. The number of likely N-dealkylation sites (N-methyl/N-ethyl adjacent to an activating group) is 1. The number of hydrogen-bond donors (Lipinski definition) is 2. The first-order valence-corrected chi connectivity index (χ1v) is 12.9. The standard InChI is InChI=1S/C23H32F3N3O5S/c1-22(2,3)11-19(28(4)21(31)32)20(30)27-18-9-8-14-12-29(13-17(14)18)35(33,34)16-7-5-6-15(10-16)23(24,25)26/h5-7,10,14,17-19H,8-9,11-13H2,1-4H3,(H,27,30)(H,31,32)/t14-,17+,18+,19-/m0/s1. The van der Waals surface area contributed by atoms with Gasteiger partial charge in [0.1, 0.15) is 6.04 Å². The number of benzene rings is 1. The van der Waals surface area contributed by atoms with Crippen LogP contribution in [0.5, 0.6) is 0 Å². The van der Waals surface area contributed by atoms with Gasteiger partial charge in [-0.3, -0.25) is 9.69 Å². The molecule has 1 saturated heterocycles. The third kappa shape index (κ3) is 6.08. The molecule has 1 saturated carbocycles. The first-order valence-electron chi connectivity index (χ1n) is 11.4. The second-order valence-electron chi connectivity index (χ2n) is 10.6. The molecule has 8 nitrogen and oxygen atoms in total. The summed E-state index contributed by atoms with van der Waals surface area (Å²) < 4.78 is 66.6. The highest BCUT2D eigenvalue weighted by Crippen LogP contribution is 2.41. The van der Waals surface area contributed by atoms with Gasteiger partial charge in [0.05, 0.1) is 10.5 Å². The van der Waals surface area contributed by atoms with Crippen LogP contribution in [0.2, 0.25) is 0 Å². The SMILES string of the molecule is CN(C(=O)O)[C@@H](CC(C)(C)C)C(=O)N[C@@H]1CC[C@H]2CN(S(=O)(=O)c3cccc(C(F)(F)F)c3)C[C@H]21. The van der Waals surface area contributed by atoms with E-state index < -0.39 is 44.7 Å². The minimum Gasteiger partial charge on any atom is -0.465 e. The van der Waals surface area contributed by atoms with Crippen LogP contribution >= 0.6 is 0 Å². The molecule has 12 heteroatoms. The van der Waals surface area contributed by atoms with Crippen molar-refractivity contribution in [2.24, 2.45) is 17.3 Å². The Morgan fingerprint density at radius 2 is 1.86 bits per heavy atom. The molecular weight excluding hydrogens is 487 g/mol. The largest absolute Gasteiger partial charge is 0.465 e. The van der Waals surface area contributed by atoms with Crippen molar-refractivity contribution in [1.82, 2.24) is 14.5 Å². The number of rotatable bonds is 6. The number of nitrogens with zero attached hydrogens (tertiary/aromatic N) is 2. The zero-order chi connectivity index (χ0) is 26.3. The van der Waals surface area contributed by atoms with E-state index in [2.05, 4.69) is 5.32 Å². The number of nitrogens with one attached hydrogen (secondary N) is 1. The Bertz CT molecular complexity index is 1070. The van der Waals surface area contributed by atoms with E-state index in [1.165, 1.54) is 11.4 Å². The minimum absolute atomic E-state index is 0.0425. The van der Waals surface area contributed by atoms with Crippen LogP contribution in [0.1, 0.15) is 45.6 Å².